The summed E-state index contributed by atoms with van der Waals surface area (Å²) in [5.41, 5.74) is 1.43. The molecule has 2 atom stereocenters. The Labute approximate surface area is 92.3 Å². The van der Waals surface area contributed by atoms with E-state index in [1.165, 1.54) is 5.56 Å². The molecule has 1 saturated heterocycles. The third-order valence-electron chi connectivity index (χ3n) is 3.20. The van der Waals surface area contributed by atoms with Crippen molar-refractivity contribution in [2.75, 3.05) is 19.6 Å². The number of rotatable bonds is 2. The van der Waals surface area contributed by atoms with Crippen molar-refractivity contribution in [1.82, 2.24) is 10.2 Å². The van der Waals surface area contributed by atoms with E-state index < -0.39 is 0 Å². The lowest BCUT2D eigenvalue weighted by Gasteiger charge is -2.39. The van der Waals surface area contributed by atoms with Gasteiger partial charge in [-0.1, -0.05) is 37.3 Å². The van der Waals surface area contributed by atoms with Gasteiger partial charge in [0.05, 0.1) is 0 Å². The molecule has 0 spiro atoms. The molecule has 2 rings (SSSR count). The summed E-state index contributed by atoms with van der Waals surface area (Å²) >= 11 is 0. The monoisotopic (exact) mass is 204 g/mol. The van der Waals surface area contributed by atoms with E-state index in [4.69, 9.17) is 0 Å². The largest absolute Gasteiger partial charge is 0.311 e. The number of piperazine rings is 1. The van der Waals surface area contributed by atoms with Crippen molar-refractivity contribution >= 4 is 0 Å². The normalized spacial score (nSPS) is 27.9. The molecule has 0 amide bonds. The number of hydrogen-bond acceptors (Lipinski definition) is 2. The van der Waals surface area contributed by atoms with Crippen LogP contribution < -0.4 is 5.32 Å². The Balaban J connectivity index is 2.14. The van der Waals surface area contributed by atoms with Gasteiger partial charge in [0.15, 0.2) is 0 Å². The Morgan fingerprint density at radius 1 is 1.33 bits per heavy atom. The van der Waals surface area contributed by atoms with Gasteiger partial charge in [0.1, 0.15) is 0 Å². The van der Waals surface area contributed by atoms with Crippen molar-refractivity contribution in [3.05, 3.63) is 35.9 Å². The van der Waals surface area contributed by atoms with Crippen LogP contribution in [0, 0.1) is 0 Å². The van der Waals surface area contributed by atoms with E-state index >= 15 is 0 Å². The molecule has 0 radical (unpaired) electrons. The lowest BCUT2D eigenvalue weighted by molar-refractivity contribution is 0.143. The van der Waals surface area contributed by atoms with Crippen molar-refractivity contribution in [1.29, 1.82) is 0 Å². The van der Waals surface area contributed by atoms with Gasteiger partial charge in [-0.25, -0.2) is 0 Å². The first-order chi connectivity index (χ1) is 7.31. The highest BCUT2D eigenvalue weighted by molar-refractivity contribution is 5.20. The van der Waals surface area contributed by atoms with Crippen molar-refractivity contribution in [3.8, 4) is 0 Å². The highest BCUT2D eigenvalue weighted by atomic mass is 15.2. The zero-order valence-electron chi connectivity index (χ0n) is 9.61. The minimum Gasteiger partial charge on any atom is -0.311 e. The van der Waals surface area contributed by atoms with Gasteiger partial charge in [-0.05, 0) is 19.0 Å². The molecule has 0 aromatic heterocycles. The molecule has 2 heteroatoms. The van der Waals surface area contributed by atoms with Crippen LogP contribution in [0.4, 0.5) is 0 Å². The maximum atomic E-state index is 3.55. The summed E-state index contributed by atoms with van der Waals surface area (Å²) in [5, 5.41) is 3.55. The standard InChI is InChI=1S/C13H20N2/c1-3-15-10-11(2)14-9-13(15)12-7-5-4-6-8-12/h4-8,11,13-14H,3,9-10H2,1-2H3. The number of hydrogen-bond donors (Lipinski definition) is 1. The van der Waals surface area contributed by atoms with E-state index in [-0.39, 0.29) is 0 Å². The summed E-state index contributed by atoms with van der Waals surface area (Å²) in [6.45, 7) is 7.85. The number of benzene rings is 1. The Hall–Kier alpha value is -0.860. The summed E-state index contributed by atoms with van der Waals surface area (Å²) < 4.78 is 0. The molecule has 1 heterocycles. The van der Waals surface area contributed by atoms with Crippen LogP contribution in [0.5, 0.6) is 0 Å². The van der Waals surface area contributed by atoms with Gasteiger partial charge in [0.25, 0.3) is 0 Å². The molecule has 1 aromatic rings. The second kappa shape index (κ2) is 4.77. The lowest BCUT2D eigenvalue weighted by atomic mass is 10.0. The van der Waals surface area contributed by atoms with Crippen LogP contribution in [0.3, 0.4) is 0 Å². The Morgan fingerprint density at radius 2 is 2.07 bits per heavy atom. The zero-order chi connectivity index (χ0) is 10.7. The number of nitrogens with one attached hydrogen (secondary N) is 1. The molecule has 1 N–H and O–H groups in total. The van der Waals surface area contributed by atoms with Gasteiger partial charge < -0.3 is 5.32 Å². The summed E-state index contributed by atoms with van der Waals surface area (Å²) in [4.78, 5) is 2.55. The summed E-state index contributed by atoms with van der Waals surface area (Å²) in [6.07, 6.45) is 0. The predicted molar refractivity (Wildman–Crippen MR) is 63.9 cm³/mol. The van der Waals surface area contributed by atoms with Gasteiger partial charge >= 0.3 is 0 Å². The van der Waals surface area contributed by atoms with Gasteiger partial charge in [-0.2, -0.15) is 0 Å². The van der Waals surface area contributed by atoms with Crippen molar-refractivity contribution in [3.63, 3.8) is 0 Å². The van der Waals surface area contributed by atoms with Crippen LogP contribution in [0.1, 0.15) is 25.5 Å². The molecule has 2 unspecified atom stereocenters. The van der Waals surface area contributed by atoms with Crippen LogP contribution in [-0.4, -0.2) is 30.6 Å². The highest BCUT2D eigenvalue weighted by Crippen LogP contribution is 2.22. The van der Waals surface area contributed by atoms with Crippen LogP contribution >= 0.6 is 0 Å². The highest BCUT2D eigenvalue weighted by Gasteiger charge is 2.25. The average molecular weight is 204 g/mol. The van der Waals surface area contributed by atoms with Crippen LogP contribution in [-0.2, 0) is 0 Å². The summed E-state index contributed by atoms with van der Waals surface area (Å²) in [7, 11) is 0. The van der Waals surface area contributed by atoms with Gasteiger partial charge in [0.2, 0.25) is 0 Å². The molecule has 1 aliphatic heterocycles. The molecule has 1 aliphatic rings. The van der Waals surface area contributed by atoms with E-state index in [0.717, 1.165) is 19.6 Å². The maximum Gasteiger partial charge on any atom is 0.0473 e. The quantitative estimate of drug-likeness (QED) is 0.793. The fourth-order valence-electron chi connectivity index (χ4n) is 2.34. The van der Waals surface area contributed by atoms with Crippen molar-refractivity contribution in [2.24, 2.45) is 0 Å². The summed E-state index contributed by atoms with van der Waals surface area (Å²) in [6, 6.07) is 12.0. The Morgan fingerprint density at radius 3 is 2.73 bits per heavy atom. The van der Waals surface area contributed by atoms with E-state index in [1.54, 1.807) is 0 Å². The molecular formula is C13H20N2. The zero-order valence-corrected chi connectivity index (χ0v) is 9.61. The molecule has 0 saturated carbocycles. The smallest absolute Gasteiger partial charge is 0.0473 e. The van der Waals surface area contributed by atoms with Crippen molar-refractivity contribution in [2.45, 2.75) is 25.9 Å². The molecule has 15 heavy (non-hydrogen) atoms. The summed E-state index contributed by atoms with van der Waals surface area (Å²) in [5.74, 6) is 0. The first-order valence-corrected chi connectivity index (χ1v) is 5.83. The Bertz CT molecular complexity index is 297. The molecule has 0 bridgehead atoms. The van der Waals surface area contributed by atoms with E-state index in [0.29, 0.717) is 12.1 Å². The van der Waals surface area contributed by atoms with Gasteiger partial charge in [0, 0.05) is 25.2 Å². The molecular weight excluding hydrogens is 184 g/mol. The molecule has 2 nitrogen and oxygen atoms in total. The topological polar surface area (TPSA) is 15.3 Å². The van der Waals surface area contributed by atoms with Crippen LogP contribution in [0.2, 0.25) is 0 Å². The predicted octanol–water partition coefficient (Wildman–Crippen LogP) is 2.04. The fourth-order valence-corrected chi connectivity index (χ4v) is 2.34. The minimum atomic E-state index is 0.549. The van der Waals surface area contributed by atoms with Gasteiger partial charge in [-0.3, -0.25) is 4.90 Å². The second-order valence-electron chi connectivity index (χ2n) is 4.32. The fraction of sp³-hybridized carbons (Fsp3) is 0.538. The molecule has 82 valence electrons. The first kappa shape index (κ1) is 10.7. The molecule has 1 aromatic carbocycles. The second-order valence-corrected chi connectivity index (χ2v) is 4.32. The van der Waals surface area contributed by atoms with E-state index in [1.807, 2.05) is 0 Å². The van der Waals surface area contributed by atoms with Gasteiger partial charge in [-0.15, -0.1) is 0 Å². The average Bonchev–Trinajstić information content (AvgIpc) is 2.30. The SMILES string of the molecule is CCN1CC(C)NCC1c1ccccc1. The number of likely N-dealkylation sites (N-methyl/N-ethyl adjacent to an activating group) is 1. The molecule has 1 fully saturated rings. The number of nitrogens with zero attached hydrogens (tertiary/aromatic N) is 1. The minimum absolute atomic E-state index is 0.549. The first-order valence-electron chi connectivity index (χ1n) is 5.83. The van der Waals surface area contributed by atoms with Crippen LogP contribution in [0.25, 0.3) is 0 Å². The van der Waals surface area contributed by atoms with E-state index in [9.17, 15) is 0 Å². The lowest BCUT2D eigenvalue weighted by Crippen LogP contribution is -2.50. The maximum absolute atomic E-state index is 3.55. The third-order valence-corrected chi connectivity index (χ3v) is 3.20. The van der Waals surface area contributed by atoms with E-state index in [2.05, 4.69) is 54.4 Å². The van der Waals surface area contributed by atoms with Crippen molar-refractivity contribution < 1.29 is 0 Å². The molecule has 0 aliphatic carbocycles. The van der Waals surface area contributed by atoms with Crippen LogP contribution in [0.15, 0.2) is 30.3 Å². The Kier molecular flexibility index (Phi) is 3.39. The third kappa shape index (κ3) is 2.39.